The monoisotopic (exact) mass is 380 g/mol. The molecule has 0 spiro atoms. The highest BCUT2D eigenvalue weighted by Crippen LogP contribution is 2.30. The van der Waals surface area contributed by atoms with Crippen LogP contribution in [-0.4, -0.2) is 44.8 Å². The van der Waals surface area contributed by atoms with E-state index in [-0.39, 0.29) is 16.1 Å². The molecule has 0 aliphatic carbocycles. The van der Waals surface area contributed by atoms with Gasteiger partial charge in [-0.1, -0.05) is 6.07 Å². The highest BCUT2D eigenvalue weighted by Gasteiger charge is 2.29. The summed E-state index contributed by atoms with van der Waals surface area (Å²) >= 11 is 0. The van der Waals surface area contributed by atoms with E-state index < -0.39 is 27.5 Å². The van der Waals surface area contributed by atoms with Crippen LogP contribution in [0.3, 0.4) is 0 Å². The SMILES string of the molecule is COc1ccc(S(=O)(=O)N(C)c2c(C(=O)O)cccc2C(=O)NO)cc1. The van der Waals surface area contributed by atoms with Gasteiger partial charge in [-0.15, -0.1) is 0 Å². The fourth-order valence-electron chi connectivity index (χ4n) is 2.32. The number of aromatic carboxylic acids is 1. The Labute approximate surface area is 149 Å². The molecule has 10 heteroatoms. The molecule has 0 radical (unpaired) electrons. The Balaban J connectivity index is 2.65. The fraction of sp³-hybridized carbons (Fsp3) is 0.125. The number of anilines is 1. The topological polar surface area (TPSA) is 133 Å². The van der Waals surface area contributed by atoms with Crippen molar-refractivity contribution in [2.24, 2.45) is 0 Å². The molecule has 3 N–H and O–H groups in total. The zero-order chi connectivity index (χ0) is 19.5. The van der Waals surface area contributed by atoms with Gasteiger partial charge >= 0.3 is 5.97 Å². The number of hydroxylamine groups is 1. The number of carboxylic acids is 1. The average molecular weight is 380 g/mol. The summed E-state index contributed by atoms with van der Waals surface area (Å²) in [5, 5.41) is 18.2. The number of sulfonamides is 1. The first-order valence-electron chi connectivity index (χ1n) is 7.17. The molecule has 0 unspecified atom stereocenters. The molecule has 26 heavy (non-hydrogen) atoms. The lowest BCUT2D eigenvalue weighted by Crippen LogP contribution is -2.31. The van der Waals surface area contributed by atoms with E-state index in [1.54, 1.807) is 0 Å². The number of carbonyl (C=O) groups excluding carboxylic acids is 1. The predicted octanol–water partition coefficient (Wildman–Crippen LogP) is 1.34. The van der Waals surface area contributed by atoms with Crippen LogP contribution in [-0.2, 0) is 10.0 Å². The van der Waals surface area contributed by atoms with Gasteiger partial charge in [-0.2, -0.15) is 0 Å². The van der Waals surface area contributed by atoms with Gasteiger partial charge in [0.15, 0.2) is 0 Å². The van der Waals surface area contributed by atoms with Crippen molar-refractivity contribution in [3.8, 4) is 5.75 Å². The van der Waals surface area contributed by atoms with E-state index in [4.69, 9.17) is 9.94 Å². The molecule has 0 aromatic heterocycles. The predicted molar refractivity (Wildman–Crippen MR) is 91.2 cm³/mol. The van der Waals surface area contributed by atoms with E-state index >= 15 is 0 Å². The van der Waals surface area contributed by atoms with E-state index in [0.29, 0.717) is 10.1 Å². The zero-order valence-corrected chi connectivity index (χ0v) is 14.6. The number of amides is 1. The molecule has 0 saturated carbocycles. The Bertz CT molecular complexity index is 940. The number of benzene rings is 2. The minimum atomic E-state index is -4.18. The largest absolute Gasteiger partial charge is 0.497 e. The second kappa shape index (κ2) is 7.42. The van der Waals surface area contributed by atoms with Crippen LogP contribution in [0.2, 0.25) is 0 Å². The number of nitrogens with zero attached hydrogens (tertiary/aromatic N) is 1. The molecule has 9 nitrogen and oxygen atoms in total. The molecule has 1 amide bonds. The maximum absolute atomic E-state index is 12.9. The third-order valence-electron chi connectivity index (χ3n) is 3.65. The van der Waals surface area contributed by atoms with Gasteiger partial charge in [0, 0.05) is 7.05 Å². The van der Waals surface area contributed by atoms with Crippen LogP contribution in [0.5, 0.6) is 5.75 Å². The van der Waals surface area contributed by atoms with Gasteiger partial charge in [0.1, 0.15) is 5.75 Å². The molecule has 0 atom stereocenters. The number of nitrogens with one attached hydrogen (secondary N) is 1. The smallest absolute Gasteiger partial charge is 0.337 e. The van der Waals surface area contributed by atoms with Crippen molar-refractivity contribution in [3.05, 3.63) is 53.6 Å². The number of hydrogen-bond donors (Lipinski definition) is 3. The Morgan fingerprint density at radius 3 is 2.15 bits per heavy atom. The van der Waals surface area contributed by atoms with Gasteiger partial charge < -0.3 is 9.84 Å². The standard InChI is InChI=1S/C16H16N2O7S/c1-18(26(23,24)11-8-6-10(25-2)7-9-11)14-12(15(19)17-22)4-3-5-13(14)16(20)21/h3-9,22H,1-2H3,(H,17,19)(H,20,21). The van der Waals surface area contributed by atoms with Gasteiger partial charge in [0.2, 0.25) is 0 Å². The summed E-state index contributed by atoms with van der Waals surface area (Å²) in [7, 11) is -1.63. The van der Waals surface area contributed by atoms with Crippen LogP contribution in [0.15, 0.2) is 47.4 Å². The van der Waals surface area contributed by atoms with Gasteiger partial charge in [0.05, 0.1) is 28.8 Å². The number of carbonyl (C=O) groups is 2. The summed E-state index contributed by atoms with van der Waals surface area (Å²) in [5.41, 5.74) is 0.282. The van der Waals surface area contributed by atoms with Crippen LogP contribution < -0.4 is 14.5 Å². The highest BCUT2D eigenvalue weighted by molar-refractivity contribution is 7.92. The van der Waals surface area contributed by atoms with Crippen LogP contribution in [0.1, 0.15) is 20.7 Å². The van der Waals surface area contributed by atoms with Crippen molar-refractivity contribution in [1.29, 1.82) is 0 Å². The molecule has 0 aliphatic rings. The number of rotatable bonds is 6. The average Bonchev–Trinajstić information content (AvgIpc) is 2.65. The normalized spacial score (nSPS) is 10.9. The second-order valence-electron chi connectivity index (χ2n) is 5.10. The summed E-state index contributed by atoms with van der Waals surface area (Å²) in [6, 6.07) is 9.08. The lowest BCUT2D eigenvalue weighted by molar-refractivity contribution is 0.0697. The maximum Gasteiger partial charge on any atom is 0.337 e. The Kier molecular flexibility index (Phi) is 5.48. The molecule has 0 fully saturated rings. The van der Waals surface area contributed by atoms with E-state index in [9.17, 15) is 23.1 Å². The van der Waals surface area contributed by atoms with Crippen molar-refractivity contribution < 1.29 is 33.1 Å². The number of hydrogen-bond acceptors (Lipinski definition) is 6. The van der Waals surface area contributed by atoms with Crippen LogP contribution in [0, 0.1) is 0 Å². The van der Waals surface area contributed by atoms with Crippen LogP contribution >= 0.6 is 0 Å². The first kappa shape index (κ1) is 19.2. The third kappa shape index (κ3) is 3.46. The number of methoxy groups -OCH3 is 1. The van der Waals surface area contributed by atoms with E-state index in [1.165, 1.54) is 49.0 Å². The summed E-state index contributed by atoms with van der Waals surface area (Å²) in [5.74, 6) is -2.03. The van der Waals surface area contributed by atoms with Gasteiger partial charge in [-0.3, -0.25) is 14.3 Å². The zero-order valence-electron chi connectivity index (χ0n) is 13.8. The quantitative estimate of drug-likeness (QED) is 0.509. The summed E-state index contributed by atoms with van der Waals surface area (Å²) in [4.78, 5) is 23.2. The minimum Gasteiger partial charge on any atom is -0.497 e. The summed E-state index contributed by atoms with van der Waals surface area (Å²) in [6.45, 7) is 0. The summed E-state index contributed by atoms with van der Waals surface area (Å²) in [6.07, 6.45) is 0. The van der Waals surface area contributed by atoms with Crippen molar-refractivity contribution in [2.45, 2.75) is 4.90 Å². The molecule has 2 rings (SSSR count). The van der Waals surface area contributed by atoms with Gasteiger partial charge in [-0.25, -0.2) is 18.7 Å². The van der Waals surface area contributed by atoms with E-state index in [1.807, 2.05) is 0 Å². The lowest BCUT2D eigenvalue weighted by Gasteiger charge is -2.23. The molecule has 138 valence electrons. The first-order chi connectivity index (χ1) is 12.2. The Morgan fingerprint density at radius 2 is 1.65 bits per heavy atom. The molecular weight excluding hydrogens is 364 g/mol. The molecule has 2 aromatic carbocycles. The Morgan fingerprint density at radius 1 is 1.08 bits per heavy atom. The lowest BCUT2D eigenvalue weighted by atomic mass is 10.1. The van der Waals surface area contributed by atoms with E-state index in [0.717, 1.165) is 13.1 Å². The molecule has 0 aliphatic heterocycles. The molecule has 0 saturated heterocycles. The maximum atomic E-state index is 12.9. The molecule has 0 bridgehead atoms. The summed E-state index contributed by atoms with van der Waals surface area (Å²) < 4.78 is 31.4. The van der Waals surface area contributed by atoms with Crippen molar-refractivity contribution >= 4 is 27.6 Å². The van der Waals surface area contributed by atoms with Crippen LogP contribution in [0.25, 0.3) is 0 Å². The van der Waals surface area contributed by atoms with Crippen molar-refractivity contribution in [1.82, 2.24) is 5.48 Å². The minimum absolute atomic E-state index is 0.128. The molecule has 2 aromatic rings. The Hall–Kier alpha value is -3.11. The number of carboxylic acid groups (broad SMARTS) is 1. The number of para-hydroxylation sites is 1. The van der Waals surface area contributed by atoms with E-state index in [2.05, 4.69) is 0 Å². The number of ether oxygens (including phenoxy) is 1. The van der Waals surface area contributed by atoms with Gasteiger partial charge in [-0.05, 0) is 36.4 Å². The van der Waals surface area contributed by atoms with Gasteiger partial charge in [0.25, 0.3) is 15.9 Å². The van der Waals surface area contributed by atoms with Crippen LogP contribution in [0.4, 0.5) is 5.69 Å². The highest BCUT2D eigenvalue weighted by atomic mass is 32.2. The second-order valence-corrected chi connectivity index (χ2v) is 7.07. The van der Waals surface area contributed by atoms with Crippen molar-refractivity contribution in [3.63, 3.8) is 0 Å². The fourth-order valence-corrected chi connectivity index (χ4v) is 3.56. The first-order valence-corrected chi connectivity index (χ1v) is 8.61. The molecular formula is C16H16N2O7S. The third-order valence-corrected chi connectivity index (χ3v) is 5.42. The van der Waals surface area contributed by atoms with Crippen molar-refractivity contribution in [2.75, 3.05) is 18.5 Å². The molecule has 0 heterocycles.